The first-order chi connectivity index (χ1) is 9.29. The van der Waals surface area contributed by atoms with Crippen molar-refractivity contribution in [2.24, 2.45) is 5.92 Å². The van der Waals surface area contributed by atoms with Gasteiger partial charge in [0.05, 0.1) is 15.5 Å². The largest absolute Gasteiger partial charge is 0.381 e. The number of sulfone groups is 1. The second-order valence-corrected chi connectivity index (χ2v) is 7.35. The van der Waals surface area contributed by atoms with Crippen molar-refractivity contribution in [2.45, 2.75) is 37.1 Å². The molecular formula is C13H18N2O4S. The third-order valence-corrected chi connectivity index (χ3v) is 4.91. The molecule has 1 aromatic carbocycles. The zero-order chi connectivity index (χ0) is 14.9. The Morgan fingerprint density at radius 3 is 2.55 bits per heavy atom. The molecule has 0 radical (unpaired) electrons. The fourth-order valence-electron chi connectivity index (χ4n) is 2.61. The molecule has 1 saturated carbocycles. The molecule has 110 valence electrons. The number of nitrogens with one attached hydrogen (secondary N) is 1. The van der Waals surface area contributed by atoms with E-state index in [0.29, 0.717) is 11.6 Å². The van der Waals surface area contributed by atoms with Crippen LogP contribution >= 0.6 is 0 Å². The number of nitrogens with zero attached hydrogens (tertiary/aromatic N) is 1. The summed E-state index contributed by atoms with van der Waals surface area (Å²) in [4.78, 5) is 10.2. The second-order valence-electron chi connectivity index (χ2n) is 5.37. The molecule has 1 N–H and O–H groups in total. The quantitative estimate of drug-likeness (QED) is 0.681. The number of rotatable bonds is 4. The van der Waals surface area contributed by atoms with E-state index in [1.807, 2.05) is 0 Å². The van der Waals surface area contributed by atoms with Crippen LogP contribution in [0.1, 0.15) is 26.2 Å². The van der Waals surface area contributed by atoms with Gasteiger partial charge >= 0.3 is 0 Å². The molecule has 0 aromatic heterocycles. The maximum Gasteiger partial charge on any atom is 0.270 e. The molecule has 1 aliphatic carbocycles. The van der Waals surface area contributed by atoms with E-state index < -0.39 is 14.8 Å². The Hall–Kier alpha value is -1.63. The summed E-state index contributed by atoms with van der Waals surface area (Å²) in [6.07, 6.45) is 4.27. The van der Waals surface area contributed by atoms with Gasteiger partial charge in [-0.15, -0.1) is 0 Å². The standard InChI is InChI=1S/C13H18N2O4S/c1-9-4-3-5-11(9)14-12-7-6-10(15(16)17)8-13(12)20(2,18)19/h6-9,11,14H,3-5H2,1-2H3. The zero-order valence-corrected chi connectivity index (χ0v) is 12.3. The number of nitro benzene ring substituents is 1. The minimum Gasteiger partial charge on any atom is -0.381 e. The SMILES string of the molecule is CC1CCCC1Nc1ccc([N+](=O)[O-])cc1S(C)(=O)=O. The molecule has 6 nitrogen and oxygen atoms in total. The highest BCUT2D eigenvalue weighted by atomic mass is 32.2. The lowest BCUT2D eigenvalue weighted by molar-refractivity contribution is -0.385. The van der Waals surface area contributed by atoms with Crippen LogP contribution in [0.2, 0.25) is 0 Å². The van der Waals surface area contributed by atoms with Crippen LogP contribution in [0, 0.1) is 16.0 Å². The van der Waals surface area contributed by atoms with Gasteiger partial charge in [-0.3, -0.25) is 10.1 Å². The Bertz CT molecular complexity index is 627. The maximum atomic E-state index is 11.8. The third kappa shape index (κ3) is 3.09. The van der Waals surface area contributed by atoms with Crippen molar-refractivity contribution in [3.8, 4) is 0 Å². The van der Waals surface area contributed by atoms with Gasteiger partial charge in [0, 0.05) is 24.4 Å². The molecule has 0 amide bonds. The van der Waals surface area contributed by atoms with E-state index in [1.165, 1.54) is 12.1 Å². The van der Waals surface area contributed by atoms with Crippen LogP contribution in [-0.4, -0.2) is 25.6 Å². The molecule has 0 bridgehead atoms. The van der Waals surface area contributed by atoms with Crippen molar-refractivity contribution in [2.75, 3.05) is 11.6 Å². The van der Waals surface area contributed by atoms with E-state index >= 15 is 0 Å². The maximum absolute atomic E-state index is 11.8. The first-order valence-electron chi connectivity index (χ1n) is 6.54. The molecule has 2 rings (SSSR count). The monoisotopic (exact) mass is 298 g/mol. The van der Waals surface area contributed by atoms with Crippen LogP contribution in [0.4, 0.5) is 11.4 Å². The normalized spacial score (nSPS) is 22.7. The molecule has 7 heteroatoms. The summed E-state index contributed by atoms with van der Waals surface area (Å²) < 4.78 is 23.6. The highest BCUT2D eigenvalue weighted by Gasteiger charge is 2.26. The summed E-state index contributed by atoms with van der Waals surface area (Å²) >= 11 is 0. The highest BCUT2D eigenvalue weighted by molar-refractivity contribution is 7.90. The average molecular weight is 298 g/mol. The van der Waals surface area contributed by atoms with Gasteiger partial charge in [-0.05, 0) is 24.8 Å². The topological polar surface area (TPSA) is 89.3 Å². The fraction of sp³-hybridized carbons (Fsp3) is 0.538. The third-order valence-electron chi connectivity index (χ3n) is 3.78. The van der Waals surface area contributed by atoms with Gasteiger partial charge in [-0.1, -0.05) is 13.3 Å². The molecule has 1 aromatic rings. The van der Waals surface area contributed by atoms with Gasteiger partial charge in [0.15, 0.2) is 9.84 Å². The summed E-state index contributed by atoms with van der Waals surface area (Å²) in [6.45, 7) is 2.12. The van der Waals surface area contributed by atoms with Crippen LogP contribution in [-0.2, 0) is 9.84 Å². The summed E-state index contributed by atoms with van der Waals surface area (Å²) in [6, 6.07) is 4.16. The van der Waals surface area contributed by atoms with E-state index in [-0.39, 0.29) is 16.6 Å². The lowest BCUT2D eigenvalue weighted by atomic mass is 10.1. The Balaban J connectivity index is 2.39. The summed E-state index contributed by atoms with van der Waals surface area (Å²) in [5, 5.41) is 14.0. The van der Waals surface area contributed by atoms with Crippen molar-refractivity contribution in [1.29, 1.82) is 0 Å². The first-order valence-corrected chi connectivity index (χ1v) is 8.43. The van der Waals surface area contributed by atoms with Gasteiger partial charge < -0.3 is 5.32 Å². The number of anilines is 1. The van der Waals surface area contributed by atoms with Gasteiger partial charge in [-0.2, -0.15) is 0 Å². The second kappa shape index (κ2) is 5.40. The molecule has 1 fully saturated rings. The smallest absolute Gasteiger partial charge is 0.270 e. The predicted octanol–water partition coefficient (Wildman–Crippen LogP) is 2.60. The lowest BCUT2D eigenvalue weighted by Gasteiger charge is -2.20. The number of hydrogen-bond donors (Lipinski definition) is 1. The van der Waals surface area contributed by atoms with Gasteiger partial charge in [0.2, 0.25) is 0 Å². The highest BCUT2D eigenvalue weighted by Crippen LogP contribution is 2.32. The van der Waals surface area contributed by atoms with E-state index in [1.54, 1.807) is 0 Å². The van der Waals surface area contributed by atoms with Gasteiger partial charge in [0.25, 0.3) is 5.69 Å². The average Bonchev–Trinajstić information content (AvgIpc) is 2.74. The van der Waals surface area contributed by atoms with Crippen molar-refractivity contribution in [3.63, 3.8) is 0 Å². The molecule has 20 heavy (non-hydrogen) atoms. The molecule has 0 aliphatic heterocycles. The van der Waals surface area contributed by atoms with E-state index in [0.717, 1.165) is 31.6 Å². The van der Waals surface area contributed by atoms with E-state index in [2.05, 4.69) is 12.2 Å². The molecule has 2 unspecified atom stereocenters. The Labute approximate surface area is 118 Å². The van der Waals surface area contributed by atoms with Crippen LogP contribution in [0.5, 0.6) is 0 Å². The van der Waals surface area contributed by atoms with E-state index in [4.69, 9.17) is 0 Å². The van der Waals surface area contributed by atoms with Crippen LogP contribution in [0.15, 0.2) is 23.1 Å². The number of nitro groups is 1. The van der Waals surface area contributed by atoms with Crippen LogP contribution in [0.25, 0.3) is 0 Å². The number of benzene rings is 1. The fourth-order valence-corrected chi connectivity index (χ4v) is 3.47. The lowest BCUT2D eigenvalue weighted by Crippen LogP contribution is -2.23. The first kappa shape index (κ1) is 14.8. The molecule has 0 saturated heterocycles. The molecular weight excluding hydrogens is 280 g/mol. The summed E-state index contributed by atoms with van der Waals surface area (Å²) in [5.74, 6) is 0.470. The molecule has 0 heterocycles. The number of non-ortho nitro benzene ring substituents is 1. The van der Waals surface area contributed by atoms with Crippen LogP contribution < -0.4 is 5.32 Å². The van der Waals surface area contributed by atoms with Crippen molar-refractivity contribution < 1.29 is 13.3 Å². The van der Waals surface area contributed by atoms with E-state index in [9.17, 15) is 18.5 Å². The number of hydrogen-bond acceptors (Lipinski definition) is 5. The van der Waals surface area contributed by atoms with Crippen LogP contribution in [0.3, 0.4) is 0 Å². The molecule has 0 spiro atoms. The Kier molecular flexibility index (Phi) is 3.99. The Morgan fingerprint density at radius 1 is 1.35 bits per heavy atom. The minimum absolute atomic E-state index is 0.00852. The van der Waals surface area contributed by atoms with Crippen molar-refractivity contribution in [3.05, 3.63) is 28.3 Å². The van der Waals surface area contributed by atoms with Crippen molar-refractivity contribution in [1.82, 2.24) is 0 Å². The van der Waals surface area contributed by atoms with Gasteiger partial charge in [0.1, 0.15) is 0 Å². The predicted molar refractivity (Wildman–Crippen MR) is 76.6 cm³/mol. The van der Waals surface area contributed by atoms with Crippen molar-refractivity contribution >= 4 is 21.2 Å². The summed E-state index contributed by atoms with van der Waals surface area (Å²) in [7, 11) is -3.52. The van der Waals surface area contributed by atoms with Gasteiger partial charge in [-0.25, -0.2) is 8.42 Å². The molecule has 2 atom stereocenters. The summed E-state index contributed by atoms with van der Waals surface area (Å²) in [5.41, 5.74) is 0.243. The minimum atomic E-state index is -3.52. The molecule has 1 aliphatic rings. The Morgan fingerprint density at radius 2 is 2.05 bits per heavy atom. The zero-order valence-electron chi connectivity index (χ0n) is 11.5.